The molecule has 13 nitrogen and oxygen atoms in total. The number of amides is 2. The molecule has 1 unspecified atom stereocenters. The van der Waals surface area contributed by atoms with E-state index in [1.807, 2.05) is 58.1 Å². The van der Waals surface area contributed by atoms with Gasteiger partial charge >= 0.3 is 12.1 Å². The molecule has 3 heterocycles. The summed E-state index contributed by atoms with van der Waals surface area (Å²) in [5.41, 5.74) is 13.8. The molecule has 3 fully saturated rings. The van der Waals surface area contributed by atoms with Crippen LogP contribution in [-0.2, 0) is 38.1 Å². The van der Waals surface area contributed by atoms with Crippen molar-refractivity contribution in [3.05, 3.63) is 47.6 Å². The molecular formula is C48H75N3O10. The summed E-state index contributed by atoms with van der Waals surface area (Å²) in [5.74, 6) is -1.81. The van der Waals surface area contributed by atoms with Crippen LogP contribution in [0.1, 0.15) is 137 Å². The molecule has 5 N–H and O–H groups in total. The third-order valence-corrected chi connectivity index (χ3v) is 13.3. The molecule has 0 aromatic rings. The number of piperidine rings is 1. The first-order valence-electron chi connectivity index (χ1n) is 22.9. The molecule has 4 rings (SSSR count). The first kappa shape index (κ1) is 50.0. The lowest BCUT2D eigenvalue weighted by Gasteiger charge is -2.37. The van der Waals surface area contributed by atoms with Crippen molar-refractivity contribution < 1.29 is 48.0 Å². The van der Waals surface area contributed by atoms with Crippen LogP contribution in [0.4, 0.5) is 4.79 Å². The smallest absolute Gasteiger partial charge is 0.404 e. The molecule has 0 aromatic heterocycles. The van der Waals surface area contributed by atoms with E-state index in [-0.39, 0.29) is 60.7 Å². The summed E-state index contributed by atoms with van der Waals surface area (Å²) in [6, 6.07) is -1.44. The molecule has 2 bridgehead atoms. The fourth-order valence-corrected chi connectivity index (χ4v) is 9.47. The molecule has 2 saturated heterocycles. The number of nitrogens with two attached hydrogens (primary N) is 2. The molecule has 10 atom stereocenters. The Bertz CT molecular complexity index is 1600. The minimum Gasteiger partial charge on any atom is -0.459 e. The number of cyclic esters (lactones) is 1. The standard InChI is InChI=1S/C48H75N3O10/c1-30-13-8-7-9-14-32(3)44(58-6)28-37-15-12-17-43(59-37)45(54)46(55)51-24-11-10-16-39(51)47(56)61-42(38(49)27-35-19-21-36(22-20-35)60-48(50)57)23-18-31(2)26-34(5)41(53)29-40(52)33(4)25-30/h7-9,13-14,26,30-31,33,35-39,41-44,53H,10-12,15-25,27-29,49H2,1-6H3,(H2,50,57)/b9-7+,13-8+,32-14+,34-26+/t30-,31+,33-,35-,36-,37+,38-,39+,41+,42+,43?,44+/m1/s1. The Kier molecular flexibility index (Phi) is 20.4. The van der Waals surface area contributed by atoms with E-state index in [0.717, 1.165) is 31.3 Å². The number of Topliss-reactive ketones (excluding diaryl/α,β-unsaturated/α-hetero) is 2. The van der Waals surface area contributed by atoms with E-state index < -0.39 is 54.1 Å². The second-order valence-corrected chi connectivity index (χ2v) is 18.4. The van der Waals surface area contributed by atoms with Gasteiger partial charge in [-0.05, 0) is 133 Å². The average molecular weight is 854 g/mol. The number of aliphatic hydroxyl groups excluding tert-OH is 1. The fourth-order valence-electron chi connectivity index (χ4n) is 9.47. The Labute approximate surface area is 364 Å². The molecule has 13 heteroatoms. The predicted molar refractivity (Wildman–Crippen MR) is 234 cm³/mol. The summed E-state index contributed by atoms with van der Waals surface area (Å²) in [5, 5.41) is 11.1. The number of fused-ring (bicyclic) bond motifs is 3. The molecule has 0 aromatic carbocycles. The van der Waals surface area contributed by atoms with Gasteiger partial charge < -0.3 is 40.4 Å². The molecule has 1 saturated carbocycles. The minimum absolute atomic E-state index is 0.00944. The van der Waals surface area contributed by atoms with Gasteiger partial charge in [-0.1, -0.05) is 57.2 Å². The SMILES string of the molecule is CO[C@H]1C[C@@H]2CCCC(O2)C(=O)C(=O)N2CCCC[C@H]2C(=O)O[C@H]([C@H](N)C[C@H]2CC[C@H](OC(N)=O)CC2)CC[C@H](C)/C=C(\C)[C@@H](O)CC(=O)[C@H](C)C[C@H](C)/C=C/C=C/C=C/1C. The largest absolute Gasteiger partial charge is 0.459 e. The highest BCUT2D eigenvalue weighted by Crippen LogP contribution is 2.32. The monoisotopic (exact) mass is 854 g/mol. The Morgan fingerprint density at radius 3 is 2.33 bits per heavy atom. The van der Waals surface area contributed by atoms with Gasteiger partial charge in [0.05, 0.1) is 18.3 Å². The number of ether oxygens (including phenoxy) is 4. The van der Waals surface area contributed by atoms with Crippen LogP contribution in [0.15, 0.2) is 47.6 Å². The van der Waals surface area contributed by atoms with E-state index in [4.69, 9.17) is 30.4 Å². The second-order valence-electron chi connectivity index (χ2n) is 18.4. The van der Waals surface area contributed by atoms with Crippen LogP contribution in [0.2, 0.25) is 0 Å². The Balaban J connectivity index is 1.57. The zero-order chi connectivity index (χ0) is 44.6. The van der Waals surface area contributed by atoms with Gasteiger partial charge in [-0.15, -0.1) is 0 Å². The van der Waals surface area contributed by atoms with Crippen molar-refractivity contribution >= 4 is 29.5 Å². The first-order valence-corrected chi connectivity index (χ1v) is 22.9. The van der Waals surface area contributed by atoms with Crippen LogP contribution in [0.25, 0.3) is 0 Å². The maximum atomic E-state index is 14.2. The summed E-state index contributed by atoms with van der Waals surface area (Å²) in [4.78, 5) is 67.9. The first-order chi connectivity index (χ1) is 29.1. The van der Waals surface area contributed by atoms with Crippen LogP contribution in [-0.4, -0.2) is 102 Å². The number of methoxy groups -OCH3 is 1. The number of hydrogen-bond donors (Lipinski definition) is 3. The number of hydrogen-bond acceptors (Lipinski definition) is 11. The Hall–Kier alpha value is -3.65. The van der Waals surface area contributed by atoms with E-state index in [0.29, 0.717) is 76.2 Å². The molecule has 0 spiro atoms. The van der Waals surface area contributed by atoms with Gasteiger partial charge in [-0.3, -0.25) is 14.4 Å². The van der Waals surface area contributed by atoms with Crippen molar-refractivity contribution in [2.45, 2.75) is 186 Å². The summed E-state index contributed by atoms with van der Waals surface area (Å²) in [6.07, 6.45) is 17.2. The molecule has 0 radical (unpaired) electrons. The van der Waals surface area contributed by atoms with E-state index in [1.54, 1.807) is 7.11 Å². The maximum absolute atomic E-state index is 14.2. The van der Waals surface area contributed by atoms with Crippen LogP contribution in [0.5, 0.6) is 0 Å². The van der Waals surface area contributed by atoms with Gasteiger partial charge in [0.25, 0.3) is 5.91 Å². The molecule has 1 aliphatic carbocycles. The lowest BCUT2D eigenvalue weighted by molar-refractivity contribution is -0.167. The van der Waals surface area contributed by atoms with Crippen LogP contribution >= 0.6 is 0 Å². The molecule has 61 heavy (non-hydrogen) atoms. The number of carbonyl (C=O) groups excluding carboxylic acids is 5. The number of rotatable bonds is 5. The van der Waals surface area contributed by atoms with E-state index in [1.165, 1.54) is 4.90 Å². The van der Waals surface area contributed by atoms with Crippen molar-refractivity contribution in [1.82, 2.24) is 4.90 Å². The lowest BCUT2D eigenvalue weighted by atomic mass is 9.82. The van der Waals surface area contributed by atoms with Crippen LogP contribution in [0.3, 0.4) is 0 Å². The molecule has 342 valence electrons. The lowest BCUT2D eigenvalue weighted by Crippen LogP contribution is -2.54. The van der Waals surface area contributed by atoms with Crippen molar-refractivity contribution in [2.75, 3.05) is 13.7 Å². The molecule has 3 aliphatic heterocycles. The zero-order valence-electron chi connectivity index (χ0n) is 37.6. The average Bonchev–Trinajstić information content (AvgIpc) is 3.23. The van der Waals surface area contributed by atoms with Gasteiger partial charge in [-0.25, -0.2) is 9.59 Å². The van der Waals surface area contributed by atoms with E-state index in [9.17, 15) is 29.1 Å². The van der Waals surface area contributed by atoms with Gasteiger partial charge in [-0.2, -0.15) is 0 Å². The number of ketones is 2. The van der Waals surface area contributed by atoms with Crippen molar-refractivity contribution in [1.29, 1.82) is 0 Å². The fraction of sp³-hybridized carbons (Fsp3) is 0.729. The van der Waals surface area contributed by atoms with Gasteiger partial charge in [0.1, 0.15) is 30.1 Å². The maximum Gasteiger partial charge on any atom is 0.404 e. The Morgan fingerprint density at radius 2 is 1.62 bits per heavy atom. The third kappa shape index (κ3) is 15.9. The number of allylic oxidation sites excluding steroid dienone is 6. The zero-order valence-corrected chi connectivity index (χ0v) is 37.6. The predicted octanol–water partition coefficient (Wildman–Crippen LogP) is 6.98. The van der Waals surface area contributed by atoms with Gasteiger partial charge in [0.2, 0.25) is 5.78 Å². The van der Waals surface area contributed by atoms with Crippen LogP contribution < -0.4 is 11.5 Å². The molecular weight excluding hydrogens is 779 g/mol. The van der Waals surface area contributed by atoms with Gasteiger partial charge in [0, 0.05) is 38.5 Å². The summed E-state index contributed by atoms with van der Waals surface area (Å²) in [7, 11) is 1.65. The van der Waals surface area contributed by atoms with E-state index >= 15 is 0 Å². The van der Waals surface area contributed by atoms with Gasteiger partial charge in [0.15, 0.2) is 0 Å². The molecule has 2 amide bonds. The summed E-state index contributed by atoms with van der Waals surface area (Å²) in [6.45, 7) is 10.1. The minimum atomic E-state index is -0.928. The number of primary amides is 1. The van der Waals surface area contributed by atoms with Crippen molar-refractivity contribution in [3.63, 3.8) is 0 Å². The summed E-state index contributed by atoms with van der Waals surface area (Å²) >= 11 is 0. The quantitative estimate of drug-likeness (QED) is 0.147. The van der Waals surface area contributed by atoms with Crippen LogP contribution in [0, 0.1) is 23.7 Å². The third-order valence-electron chi connectivity index (χ3n) is 13.3. The topological polar surface area (TPSA) is 198 Å². The number of carbonyl (C=O) groups is 5. The number of esters is 1. The Morgan fingerprint density at radius 1 is 0.885 bits per heavy atom. The number of nitrogens with zero attached hydrogens (tertiary/aromatic N) is 1. The highest BCUT2D eigenvalue weighted by molar-refractivity contribution is 6.38. The molecule has 4 aliphatic rings. The number of aliphatic hydroxyl groups is 1. The van der Waals surface area contributed by atoms with E-state index in [2.05, 4.69) is 13.0 Å². The highest BCUT2D eigenvalue weighted by atomic mass is 16.6. The summed E-state index contributed by atoms with van der Waals surface area (Å²) < 4.78 is 23.7. The van der Waals surface area contributed by atoms with Crippen molar-refractivity contribution in [2.24, 2.45) is 35.1 Å². The normalized spacial score (nSPS) is 37.2. The highest BCUT2D eigenvalue weighted by Gasteiger charge is 2.42. The second kappa shape index (κ2) is 24.8. The van der Waals surface area contributed by atoms with Crippen molar-refractivity contribution in [3.8, 4) is 0 Å².